The largest absolute Gasteiger partial charge is 0.319 e. The average Bonchev–Trinajstić information content (AvgIpc) is 2.39. The van der Waals surface area contributed by atoms with Crippen LogP contribution in [0.3, 0.4) is 0 Å². The van der Waals surface area contributed by atoms with Crippen molar-refractivity contribution in [3.8, 4) is 0 Å². The monoisotopic (exact) mass is 177 g/mol. The number of nitrogens with one attached hydrogen (secondary N) is 1. The van der Waals surface area contributed by atoms with E-state index in [0.29, 0.717) is 4.76 Å². The summed E-state index contributed by atoms with van der Waals surface area (Å²) in [5, 5.41) is 2.65. The van der Waals surface area contributed by atoms with Gasteiger partial charge in [0.2, 0.25) is 0 Å². The van der Waals surface area contributed by atoms with Crippen LogP contribution in [0.4, 0.5) is 5.69 Å². The molecule has 0 aromatic heterocycles. The van der Waals surface area contributed by atoms with Crippen LogP contribution in [-0.2, 0) is 4.79 Å². The van der Waals surface area contributed by atoms with Gasteiger partial charge in [0.25, 0.3) is 0 Å². The molecule has 0 saturated carbocycles. The molecular weight excluding hydrogens is 168 g/mol. The Labute approximate surface area is 75.1 Å². The van der Waals surface area contributed by atoms with E-state index < -0.39 is 6.04 Å². The fraction of sp³-hybridized carbons (Fsp3) is 0.222. The Hall–Kier alpha value is -1.71. The van der Waals surface area contributed by atoms with Crippen LogP contribution in [0.15, 0.2) is 24.3 Å². The van der Waals surface area contributed by atoms with Crippen molar-refractivity contribution in [2.24, 2.45) is 0 Å². The molecule has 0 radical (unpaired) electrons. The predicted molar refractivity (Wildman–Crippen MR) is 47.4 cm³/mol. The fourth-order valence-electron chi connectivity index (χ4n) is 1.55. The van der Waals surface area contributed by atoms with Crippen LogP contribution in [0, 0.1) is 4.91 Å². The summed E-state index contributed by atoms with van der Waals surface area (Å²) in [5.41, 5.74) is 1.49. The molecule has 2 rings (SSSR count). The lowest BCUT2D eigenvalue weighted by Gasteiger charge is -1.95. The van der Waals surface area contributed by atoms with E-state index in [9.17, 15) is 9.70 Å². The Morgan fingerprint density at radius 2 is 2.08 bits per heavy atom. The third kappa shape index (κ3) is 1.11. The van der Waals surface area contributed by atoms with Crippen LogP contribution >= 0.6 is 0 Å². The number of rotatable bonds is 1. The minimum atomic E-state index is -0.684. The Balaban J connectivity index is 2.52. The molecule has 0 fully saturated rings. The average molecular weight is 177 g/mol. The third-order valence-electron chi connectivity index (χ3n) is 2.13. The third-order valence-corrected chi connectivity index (χ3v) is 2.13. The van der Waals surface area contributed by atoms with Gasteiger partial charge in [-0.3, -0.25) is 4.79 Å². The van der Waals surface area contributed by atoms with Gasteiger partial charge in [0.15, 0.2) is 7.05 Å². The van der Waals surface area contributed by atoms with Crippen LogP contribution in [0.5, 0.6) is 0 Å². The molecule has 66 valence electrons. The van der Waals surface area contributed by atoms with E-state index >= 15 is 0 Å². The summed E-state index contributed by atoms with van der Waals surface area (Å²) in [6, 6.07) is 6.53. The molecule has 1 aromatic rings. The van der Waals surface area contributed by atoms with Crippen molar-refractivity contribution >= 4 is 11.6 Å². The van der Waals surface area contributed by atoms with Gasteiger partial charge in [0, 0.05) is 9.67 Å². The first-order chi connectivity index (χ1) is 6.20. The van der Waals surface area contributed by atoms with Gasteiger partial charge in [-0.15, -0.1) is 0 Å². The number of fused-ring (bicyclic) bond motifs is 1. The summed E-state index contributed by atoms with van der Waals surface area (Å²) < 4.78 is 0.668. The summed E-state index contributed by atoms with van der Waals surface area (Å²) in [4.78, 5) is 22.4. The first-order valence-electron chi connectivity index (χ1n) is 4.00. The van der Waals surface area contributed by atoms with E-state index in [-0.39, 0.29) is 5.91 Å². The summed E-state index contributed by atoms with van der Waals surface area (Å²) in [6.07, 6.45) is 0. The van der Waals surface area contributed by atoms with Crippen molar-refractivity contribution < 1.29 is 9.55 Å². The van der Waals surface area contributed by atoms with Crippen molar-refractivity contribution in [1.82, 2.24) is 0 Å². The molecule has 4 nitrogen and oxygen atoms in total. The number of hydrogen-bond acceptors (Lipinski definition) is 2. The Morgan fingerprint density at radius 3 is 2.77 bits per heavy atom. The molecule has 0 aliphatic carbocycles. The number of carbonyl (C=O) groups is 1. The molecule has 1 aromatic carbocycles. The number of amides is 1. The van der Waals surface area contributed by atoms with Crippen molar-refractivity contribution in [2.45, 2.75) is 6.04 Å². The smallest absolute Gasteiger partial charge is 0.305 e. The van der Waals surface area contributed by atoms with Gasteiger partial charge >= 0.3 is 11.9 Å². The van der Waals surface area contributed by atoms with Gasteiger partial charge in [0.1, 0.15) is 0 Å². The number of anilines is 1. The molecule has 0 spiro atoms. The lowest BCUT2D eigenvalue weighted by molar-refractivity contribution is -0.549. The normalized spacial score (nSPS) is 19.5. The zero-order chi connectivity index (χ0) is 9.42. The van der Waals surface area contributed by atoms with E-state index in [4.69, 9.17) is 0 Å². The standard InChI is InChI=1S/C9H8N2O2/c1-11(13)8-6-4-2-3-5-7(6)10-9(8)12/h2-5,8H,1H3/p+1. The fourth-order valence-corrected chi connectivity index (χ4v) is 1.55. The highest BCUT2D eigenvalue weighted by Gasteiger charge is 2.39. The zero-order valence-electron chi connectivity index (χ0n) is 7.15. The Kier molecular flexibility index (Phi) is 1.62. The van der Waals surface area contributed by atoms with Gasteiger partial charge in [-0.2, -0.15) is 0 Å². The number of likely N-dealkylation sites (N-methyl/N-ethyl adjacent to an activating group) is 1. The van der Waals surface area contributed by atoms with Gasteiger partial charge in [0.05, 0.1) is 11.3 Å². The van der Waals surface area contributed by atoms with Crippen molar-refractivity contribution in [3.63, 3.8) is 0 Å². The van der Waals surface area contributed by atoms with Crippen LogP contribution in [0.2, 0.25) is 0 Å². The SMILES string of the molecule is C[N+](=O)C1C(=O)Nc2ccccc21. The number of benzene rings is 1. The van der Waals surface area contributed by atoms with Gasteiger partial charge in [-0.05, 0) is 12.1 Å². The number of para-hydroxylation sites is 1. The summed E-state index contributed by atoms with van der Waals surface area (Å²) in [7, 11) is 1.35. The van der Waals surface area contributed by atoms with Gasteiger partial charge < -0.3 is 5.32 Å². The van der Waals surface area contributed by atoms with E-state index in [1.165, 1.54) is 7.05 Å². The molecule has 0 saturated heterocycles. The molecule has 1 N–H and O–H groups in total. The van der Waals surface area contributed by atoms with Gasteiger partial charge in [-0.1, -0.05) is 12.1 Å². The second-order valence-corrected chi connectivity index (χ2v) is 3.03. The Bertz CT molecular complexity index is 387. The van der Waals surface area contributed by atoms with Crippen LogP contribution in [0.1, 0.15) is 11.6 Å². The van der Waals surface area contributed by atoms with Crippen LogP contribution < -0.4 is 5.32 Å². The molecule has 4 heteroatoms. The topological polar surface area (TPSA) is 49.2 Å². The van der Waals surface area contributed by atoms with Crippen LogP contribution in [-0.4, -0.2) is 17.7 Å². The van der Waals surface area contributed by atoms with Crippen LogP contribution in [0.25, 0.3) is 0 Å². The summed E-state index contributed by atoms with van der Waals surface area (Å²) >= 11 is 0. The van der Waals surface area contributed by atoms with E-state index in [2.05, 4.69) is 5.32 Å². The molecule has 1 aliphatic rings. The molecule has 1 unspecified atom stereocenters. The quantitative estimate of drug-likeness (QED) is 0.653. The molecule has 1 heterocycles. The van der Waals surface area contributed by atoms with E-state index in [0.717, 1.165) is 11.3 Å². The van der Waals surface area contributed by atoms with Gasteiger partial charge in [-0.25, -0.2) is 0 Å². The molecule has 13 heavy (non-hydrogen) atoms. The zero-order valence-corrected chi connectivity index (χ0v) is 7.15. The highest BCUT2D eigenvalue weighted by Crippen LogP contribution is 2.31. The predicted octanol–water partition coefficient (Wildman–Crippen LogP) is 1.09. The second-order valence-electron chi connectivity index (χ2n) is 3.03. The number of hydrogen-bond donors (Lipinski definition) is 1. The maximum Gasteiger partial charge on any atom is 0.305 e. The maximum absolute atomic E-state index is 11.3. The number of nitrogens with zero attached hydrogens (tertiary/aromatic N) is 1. The van der Waals surface area contributed by atoms with Crippen molar-refractivity contribution in [2.75, 3.05) is 12.4 Å². The van der Waals surface area contributed by atoms with Crippen molar-refractivity contribution in [1.29, 1.82) is 0 Å². The lowest BCUT2D eigenvalue weighted by Crippen LogP contribution is -2.20. The lowest BCUT2D eigenvalue weighted by atomic mass is 10.1. The van der Waals surface area contributed by atoms with Crippen molar-refractivity contribution in [3.05, 3.63) is 34.7 Å². The first-order valence-corrected chi connectivity index (χ1v) is 4.00. The number of nitroso groups, excluding NO2 is 1. The molecule has 0 bridgehead atoms. The maximum atomic E-state index is 11.3. The molecule has 1 aliphatic heterocycles. The molecule has 1 amide bonds. The first kappa shape index (κ1) is 7.91. The molecule has 1 atom stereocenters. The molecular formula is C9H9N2O2+. The second kappa shape index (κ2) is 2.65. The minimum Gasteiger partial charge on any atom is -0.319 e. The van der Waals surface area contributed by atoms with E-state index in [1.807, 2.05) is 12.1 Å². The Morgan fingerprint density at radius 1 is 1.38 bits per heavy atom. The minimum absolute atomic E-state index is 0.251. The highest BCUT2D eigenvalue weighted by molar-refractivity contribution is 6.01. The number of carbonyl (C=O) groups excluding carboxylic acids is 1. The summed E-state index contributed by atoms with van der Waals surface area (Å²) in [5.74, 6) is -0.251. The van der Waals surface area contributed by atoms with E-state index in [1.54, 1.807) is 12.1 Å². The highest BCUT2D eigenvalue weighted by atomic mass is 16.3. The summed E-state index contributed by atoms with van der Waals surface area (Å²) in [6.45, 7) is 0.